The van der Waals surface area contributed by atoms with Crippen LogP contribution in [0.2, 0.25) is 0 Å². The molecule has 9 aromatic rings. The van der Waals surface area contributed by atoms with E-state index in [-0.39, 0.29) is 31.9 Å². The molecule has 0 unspecified atom stereocenters. The number of fused-ring (bicyclic) bond motifs is 4. The summed E-state index contributed by atoms with van der Waals surface area (Å²) in [7, 11) is 0. The second-order valence-electron chi connectivity index (χ2n) is 16.2. The number of pyridine rings is 1. The number of aromatic nitrogens is 4. The van der Waals surface area contributed by atoms with Gasteiger partial charge in [0.25, 0.3) is 6.33 Å². The molecule has 0 aliphatic carbocycles. The molecule has 0 bridgehead atoms. The van der Waals surface area contributed by atoms with Gasteiger partial charge in [-0.1, -0.05) is 169 Å². The Bertz CT molecular complexity index is 2770. The Balaban J connectivity index is 0.000000660. The molecule has 4 nitrogen and oxygen atoms in total. The minimum absolute atomic E-state index is 0. The Hall–Kier alpha value is -6.01. The van der Waals surface area contributed by atoms with Crippen LogP contribution in [0, 0.1) is 30.2 Å². The Kier molecular flexibility index (Phi) is 10.9. The molecule has 3 heterocycles. The Morgan fingerprint density at radius 3 is 1.77 bits per heavy atom. The molecule has 6 aromatic carbocycles. The third kappa shape index (κ3) is 7.74. The molecular weight excluding hydrogens is 876 g/mol. The molecule has 0 saturated carbocycles. The summed E-state index contributed by atoms with van der Waals surface area (Å²) in [5.41, 5.74) is 12.7. The summed E-state index contributed by atoms with van der Waals surface area (Å²) < 4.78 is 6.66. The van der Waals surface area contributed by atoms with E-state index in [9.17, 15) is 0 Å². The minimum Gasteiger partial charge on any atom is -0.693 e. The summed E-state index contributed by atoms with van der Waals surface area (Å²) in [6.45, 7) is 12.6. The van der Waals surface area contributed by atoms with Crippen molar-refractivity contribution in [1.29, 1.82) is 0 Å². The molecule has 0 N–H and O–H groups in total. The quantitative estimate of drug-likeness (QED) is 0.0960. The number of benzene rings is 6. The van der Waals surface area contributed by atoms with Gasteiger partial charge in [-0.25, -0.2) is 4.98 Å². The van der Waals surface area contributed by atoms with Gasteiger partial charge in [0.15, 0.2) is 0 Å². The summed E-state index contributed by atoms with van der Waals surface area (Å²) in [5.74, 6) is 2.35. The summed E-state index contributed by atoms with van der Waals surface area (Å²) in [6.07, 6.45) is 12.3. The summed E-state index contributed by atoms with van der Waals surface area (Å²) in [6, 6.07) is 57.5. The fourth-order valence-corrected chi connectivity index (χ4v) is 7.14. The molecule has 0 aliphatic heterocycles. The van der Waals surface area contributed by atoms with Gasteiger partial charge in [0.2, 0.25) is 0 Å². The van der Waals surface area contributed by atoms with Crippen LogP contribution in [-0.2, 0) is 26.5 Å². The van der Waals surface area contributed by atoms with Crippen molar-refractivity contribution in [2.24, 2.45) is 5.41 Å². The van der Waals surface area contributed by atoms with E-state index in [1.54, 1.807) is 0 Å². The summed E-state index contributed by atoms with van der Waals surface area (Å²) in [4.78, 5) is 4.88. The van der Waals surface area contributed by atoms with Crippen molar-refractivity contribution < 1.29 is 25.6 Å². The predicted molar refractivity (Wildman–Crippen MR) is 231 cm³/mol. The summed E-state index contributed by atoms with van der Waals surface area (Å²) in [5, 5.41) is 2.30. The first-order valence-electron chi connectivity index (χ1n) is 19.1. The molecule has 284 valence electrons. The number of para-hydroxylation sites is 4. The average molecular weight is 920 g/mol. The van der Waals surface area contributed by atoms with Crippen molar-refractivity contribution in [3.63, 3.8) is 0 Å². The van der Waals surface area contributed by atoms with Crippen LogP contribution in [-0.4, -0.2) is 14.1 Å². The van der Waals surface area contributed by atoms with Crippen molar-refractivity contribution in [2.45, 2.75) is 47.0 Å². The Labute approximate surface area is 350 Å². The van der Waals surface area contributed by atoms with Crippen molar-refractivity contribution in [2.75, 3.05) is 0 Å². The fraction of sp³-hybridized carbons (Fsp3) is 0.154. The molecule has 0 amide bonds. The van der Waals surface area contributed by atoms with E-state index in [2.05, 4.69) is 198 Å². The van der Waals surface area contributed by atoms with E-state index in [4.69, 9.17) is 11.4 Å². The predicted octanol–water partition coefficient (Wildman–Crippen LogP) is 12.3. The van der Waals surface area contributed by atoms with Gasteiger partial charge in [-0.05, 0) is 57.0 Å². The van der Waals surface area contributed by atoms with E-state index in [1.807, 2.05) is 33.0 Å². The van der Waals surface area contributed by atoms with Crippen LogP contribution < -0.4 is 4.57 Å². The van der Waals surface area contributed by atoms with E-state index >= 15 is 0 Å². The van der Waals surface area contributed by atoms with Gasteiger partial charge in [-0.3, -0.25) is 4.57 Å². The van der Waals surface area contributed by atoms with Gasteiger partial charge >= 0.3 is 0 Å². The van der Waals surface area contributed by atoms with E-state index in [0.29, 0.717) is 0 Å². The monoisotopic (exact) mass is 919 g/mol. The first kappa shape index (κ1) is 39.2. The average Bonchev–Trinajstić information content (AvgIpc) is 3.77. The molecule has 0 radical (unpaired) electrons. The maximum absolute atomic E-state index is 6.60. The van der Waals surface area contributed by atoms with Crippen molar-refractivity contribution >= 4 is 33.0 Å². The standard InChI is InChI=1S/C46H35N4.C6H9.Pt/c1-46(2,3)34-28-35(30-36(29-34)50-41-24-11-10-20-39(41)40-23-15-27-47-45(40)50)48-31-49(43-26-13-12-25-42(43)48)44-37(32-16-6-4-7-17-32)21-14-22-38(44)33-18-8-5-9-19-33;1-5-6(2,3)4;/h4-29H,1-3H3;2-4H3;/q2*-1;. The molecule has 9 rings (SSSR count). The minimum atomic E-state index is -0.121. The van der Waals surface area contributed by atoms with Gasteiger partial charge in [-0.2, -0.15) is 17.7 Å². The first-order valence-corrected chi connectivity index (χ1v) is 19.1. The molecular formula is C52H44N4Pt-2. The van der Waals surface area contributed by atoms with Crippen LogP contribution in [0.5, 0.6) is 0 Å². The zero-order chi connectivity index (χ0) is 39.0. The smallest absolute Gasteiger partial charge is 0.268 e. The molecule has 5 heteroatoms. The van der Waals surface area contributed by atoms with Crippen LogP contribution in [0.3, 0.4) is 0 Å². The van der Waals surface area contributed by atoms with Gasteiger partial charge in [0.1, 0.15) is 5.65 Å². The SMILES string of the molecule is CC(C)(C)c1cc(-n2[c-][n+](-c3c(-c4ccccc4)cccc3-c3ccccc3)c3ccccc32)[c-]c(-n2c3ccccc3c3cccnc32)c1.[C-]#CC(C)(C)C.[Pt]. The molecule has 0 saturated heterocycles. The van der Waals surface area contributed by atoms with Crippen molar-refractivity contribution in [3.8, 4) is 45.2 Å². The zero-order valence-corrected chi connectivity index (χ0v) is 35.4. The molecule has 3 aromatic heterocycles. The van der Waals surface area contributed by atoms with E-state index in [1.165, 1.54) is 10.9 Å². The first-order chi connectivity index (χ1) is 27.0. The fourth-order valence-electron chi connectivity index (χ4n) is 7.14. The Morgan fingerprint density at radius 2 is 1.16 bits per heavy atom. The number of hydrogen-bond donors (Lipinski definition) is 0. The number of nitrogens with zero attached hydrogens (tertiary/aromatic N) is 4. The third-order valence-corrected chi connectivity index (χ3v) is 9.99. The van der Waals surface area contributed by atoms with E-state index < -0.39 is 0 Å². The van der Waals surface area contributed by atoms with Gasteiger partial charge in [0.05, 0.1) is 22.2 Å². The maximum Gasteiger partial charge on any atom is 0.268 e. The van der Waals surface area contributed by atoms with Crippen LogP contribution in [0.4, 0.5) is 0 Å². The second kappa shape index (κ2) is 15.9. The summed E-state index contributed by atoms with van der Waals surface area (Å²) >= 11 is 0. The number of hydrogen-bond acceptors (Lipinski definition) is 1. The number of imidazole rings is 1. The normalized spacial score (nSPS) is 11.5. The van der Waals surface area contributed by atoms with Crippen LogP contribution in [0.25, 0.3) is 72.3 Å². The van der Waals surface area contributed by atoms with Gasteiger partial charge in [-0.15, -0.1) is 6.07 Å². The van der Waals surface area contributed by atoms with Crippen LogP contribution >= 0.6 is 0 Å². The molecule has 0 atom stereocenters. The van der Waals surface area contributed by atoms with Crippen molar-refractivity contribution in [3.05, 3.63) is 182 Å². The van der Waals surface area contributed by atoms with Gasteiger partial charge < -0.3 is 21.5 Å². The second-order valence-corrected chi connectivity index (χ2v) is 16.2. The van der Waals surface area contributed by atoms with Crippen LogP contribution in [0.15, 0.2) is 158 Å². The molecule has 0 aliphatic rings. The zero-order valence-electron chi connectivity index (χ0n) is 33.1. The maximum atomic E-state index is 6.60. The largest absolute Gasteiger partial charge is 0.693 e. The van der Waals surface area contributed by atoms with E-state index in [0.717, 1.165) is 66.9 Å². The Morgan fingerprint density at radius 1 is 0.614 bits per heavy atom. The third-order valence-electron chi connectivity index (χ3n) is 9.99. The van der Waals surface area contributed by atoms with Crippen molar-refractivity contribution in [1.82, 2.24) is 14.1 Å². The molecule has 0 spiro atoms. The van der Waals surface area contributed by atoms with Crippen LogP contribution in [0.1, 0.15) is 47.1 Å². The molecule has 57 heavy (non-hydrogen) atoms. The molecule has 0 fully saturated rings. The number of rotatable bonds is 5. The topological polar surface area (TPSA) is 26.6 Å². The van der Waals surface area contributed by atoms with Gasteiger partial charge in [0, 0.05) is 38.0 Å².